The molecule has 3 aromatic rings. The molecule has 1 N–H and O–H groups in total. The van der Waals surface area contributed by atoms with Crippen molar-refractivity contribution in [1.82, 2.24) is 19.7 Å². The number of carbonyl (C=O) groups excluding carboxylic acids is 2. The van der Waals surface area contributed by atoms with E-state index in [-0.39, 0.29) is 17.9 Å². The molecule has 0 radical (unpaired) electrons. The summed E-state index contributed by atoms with van der Waals surface area (Å²) < 4.78 is 7.32. The Kier molecular flexibility index (Phi) is 6.88. The summed E-state index contributed by atoms with van der Waals surface area (Å²) in [6, 6.07) is 10.9. The molecule has 0 unspecified atom stereocenters. The van der Waals surface area contributed by atoms with Crippen molar-refractivity contribution in [3.05, 3.63) is 71.3 Å². The van der Waals surface area contributed by atoms with Gasteiger partial charge in [-0.1, -0.05) is 11.6 Å². The average Bonchev–Trinajstić information content (AvgIpc) is 3.24. The summed E-state index contributed by atoms with van der Waals surface area (Å²) in [6.07, 6.45) is 5.90. The van der Waals surface area contributed by atoms with Gasteiger partial charge < -0.3 is 15.0 Å². The van der Waals surface area contributed by atoms with Gasteiger partial charge >= 0.3 is 6.09 Å². The van der Waals surface area contributed by atoms with Crippen molar-refractivity contribution in [2.24, 2.45) is 0 Å². The number of halogens is 1. The fraction of sp³-hybridized carbons (Fsp3) is 0.360. The highest BCUT2D eigenvalue weighted by molar-refractivity contribution is 6.30. The van der Waals surface area contributed by atoms with Gasteiger partial charge in [0.1, 0.15) is 5.60 Å². The standard InChI is InChI=1S/C25H28ClN5O3/c1-25(2,3)34-24(33)30-13-10-17(11-14-30)22-21(23(32)29-19-5-4-12-27-15-19)16-28-31(22)20-8-6-18(26)7-9-20/h4-9,12,15-17H,10-11,13-14H2,1-3H3,(H,29,32). The molecule has 2 amide bonds. The van der Waals surface area contributed by atoms with Crippen LogP contribution < -0.4 is 5.32 Å². The van der Waals surface area contributed by atoms with Gasteiger partial charge in [-0.25, -0.2) is 9.48 Å². The van der Waals surface area contributed by atoms with E-state index in [1.807, 2.05) is 32.9 Å². The maximum atomic E-state index is 13.2. The molecule has 0 bridgehead atoms. The van der Waals surface area contributed by atoms with Crippen molar-refractivity contribution in [3.63, 3.8) is 0 Å². The third-order valence-electron chi connectivity index (χ3n) is 5.58. The van der Waals surface area contributed by atoms with Crippen LogP contribution in [0, 0.1) is 0 Å². The van der Waals surface area contributed by atoms with Crippen molar-refractivity contribution in [1.29, 1.82) is 0 Å². The number of amides is 2. The molecule has 2 aromatic heterocycles. The Bertz CT molecular complexity index is 1150. The van der Waals surface area contributed by atoms with Crippen LogP contribution in [0.4, 0.5) is 10.5 Å². The molecule has 0 saturated carbocycles. The van der Waals surface area contributed by atoms with E-state index < -0.39 is 5.60 Å². The summed E-state index contributed by atoms with van der Waals surface area (Å²) in [5.74, 6) is -0.218. The summed E-state index contributed by atoms with van der Waals surface area (Å²) in [6.45, 7) is 6.64. The van der Waals surface area contributed by atoms with Crippen LogP contribution in [-0.2, 0) is 4.74 Å². The Morgan fingerprint density at radius 3 is 2.41 bits per heavy atom. The third-order valence-corrected chi connectivity index (χ3v) is 5.83. The monoisotopic (exact) mass is 481 g/mol. The maximum absolute atomic E-state index is 13.2. The lowest BCUT2D eigenvalue weighted by Crippen LogP contribution is -2.41. The summed E-state index contributed by atoms with van der Waals surface area (Å²) in [4.78, 5) is 31.5. The molecule has 8 nitrogen and oxygen atoms in total. The first-order valence-corrected chi connectivity index (χ1v) is 11.6. The van der Waals surface area contributed by atoms with E-state index in [0.29, 0.717) is 42.2 Å². The van der Waals surface area contributed by atoms with E-state index in [1.165, 1.54) is 0 Å². The van der Waals surface area contributed by atoms with Gasteiger partial charge in [-0.2, -0.15) is 5.10 Å². The minimum atomic E-state index is -0.543. The second kappa shape index (κ2) is 9.85. The lowest BCUT2D eigenvalue weighted by molar-refractivity contribution is 0.0203. The van der Waals surface area contributed by atoms with E-state index in [4.69, 9.17) is 16.3 Å². The van der Waals surface area contributed by atoms with E-state index in [9.17, 15) is 9.59 Å². The first kappa shape index (κ1) is 23.8. The van der Waals surface area contributed by atoms with Gasteiger partial charge in [0.2, 0.25) is 0 Å². The number of nitrogens with one attached hydrogen (secondary N) is 1. The number of likely N-dealkylation sites (tertiary alicyclic amines) is 1. The predicted molar refractivity (Wildman–Crippen MR) is 131 cm³/mol. The Labute approximate surface area is 203 Å². The van der Waals surface area contributed by atoms with Crippen molar-refractivity contribution in [3.8, 4) is 5.69 Å². The second-order valence-electron chi connectivity index (χ2n) is 9.27. The van der Waals surface area contributed by atoms with Crippen molar-refractivity contribution in [2.45, 2.75) is 45.1 Å². The van der Waals surface area contributed by atoms with Crippen LogP contribution in [0.1, 0.15) is 55.6 Å². The van der Waals surface area contributed by atoms with Crippen LogP contribution in [0.5, 0.6) is 0 Å². The van der Waals surface area contributed by atoms with Gasteiger partial charge in [0, 0.05) is 30.2 Å². The molecule has 9 heteroatoms. The molecule has 1 aliphatic heterocycles. The Morgan fingerprint density at radius 2 is 1.79 bits per heavy atom. The molecule has 3 heterocycles. The number of pyridine rings is 1. The number of ether oxygens (including phenoxy) is 1. The first-order chi connectivity index (χ1) is 16.2. The number of hydrogen-bond acceptors (Lipinski definition) is 5. The summed E-state index contributed by atoms with van der Waals surface area (Å²) in [5.41, 5.74) is 2.19. The topological polar surface area (TPSA) is 89.3 Å². The zero-order valence-corrected chi connectivity index (χ0v) is 20.2. The summed E-state index contributed by atoms with van der Waals surface area (Å²) in [7, 11) is 0. The minimum Gasteiger partial charge on any atom is -0.444 e. The van der Waals surface area contributed by atoms with Gasteiger partial charge in [-0.05, 0) is 70.0 Å². The highest BCUT2D eigenvalue weighted by atomic mass is 35.5. The molecule has 0 spiro atoms. The van der Waals surface area contributed by atoms with E-state index in [2.05, 4.69) is 15.4 Å². The van der Waals surface area contributed by atoms with Crippen LogP contribution in [0.2, 0.25) is 5.02 Å². The van der Waals surface area contributed by atoms with E-state index >= 15 is 0 Å². The Hall–Kier alpha value is -3.39. The van der Waals surface area contributed by atoms with Gasteiger partial charge in [0.25, 0.3) is 5.91 Å². The van der Waals surface area contributed by atoms with Crippen molar-refractivity contribution >= 4 is 29.3 Å². The minimum absolute atomic E-state index is 0.0338. The van der Waals surface area contributed by atoms with E-state index in [0.717, 1.165) is 11.4 Å². The smallest absolute Gasteiger partial charge is 0.410 e. The average molecular weight is 482 g/mol. The normalized spacial score (nSPS) is 14.6. The molecule has 1 aromatic carbocycles. The lowest BCUT2D eigenvalue weighted by Gasteiger charge is -2.34. The Balaban J connectivity index is 1.60. The first-order valence-electron chi connectivity index (χ1n) is 11.2. The maximum Gasteiger partial charge on any atom is 0.410 e. The number of aromatic nitrogens is 3. The van der Waals surface area contributed by atoms with Crippen LogP contribution in [0.3, 0.4) is 0 Å². The highest BCUT2D eigenvalue weighted by Gasteiger charge is 2.32. The number of benzene rings is 1. The molecule has 0 atom stereocenters. The zero-order chi connectivity index (χ0) is 24.3. The van der Waals surface area contributed by atoms with E-state index in [1.54, 1.807) is 52.4 Å². The van der Waals surface area contributed by atoms with Crippen LogP contribution in [0.15, 0.2) is 55.0 Å². The predicted octanol–water partition coefficient (Wildman–Crippen LogP) is 5.29. The zero-order valence-electron chi connectivity index (χ0n) is 19.5. The third kappa shape index (κ3) is 5.56. The Morgan fingerprint density at radius 1 is 1.09 bits per heavy atom. The number of anilines is 1. The summed E-state index contributed by atoms with van der Waals surface area (Å²) >= 11 is 6.08. The van der Waals surface area contributed by atoms with Gasteiger partial charge in [0.15, 0.2) is 0 Å². The summed E-state index contributed by atoms with van der Waals surface area (Å²) in [5, 5.41) is 8.08. The molecule has 1 saturated heterocycles. The number of carbonyl (C=O) groups is 2. The number of rotatable bonds is 4. The van der Waals surface area contributed by atoms with Crippen LogP contribution in [-0.4, -0.2) is 50.4 Å². The quantitative estimate of drug-likeness (QED) is 0.547. The molecular formula is C25H28ClN5O3. The molecule has 1 aliphatic rings. The van der Waals surface area contributed by atoms with Crippen molar-refractivity contribution in [2.75, 3.05) is 18.4 Å². The van der Waals surface area contributed by atoms with Crippen LogP contribution in [0.25, 0.3) is 5.69 Å². The second-order valence-corrected chi connectivity index (χ2v) is 9.71. The van der Waals surface area contributed by atoms with Crippen LogP contribution >= 0.6 is 11.6 Å². The highest BCUT2D eigenvalue weighted by Crippen LogP contribution is 2.33. The number of hydrogen-bond donors (Lipinski definition) is 1. The SMILES string of the molecule is CC(C)(C)OC(=O)N1CCC(c2c(C(=O)Nc3cccnc3)cnn2-c2ccc(Cl)cc2)CC1. The molecule has 34 heavy (non-hydrogen) atoms. The largest absolute Gasteiger partial charge is 0.444 e. The molecule has 1 fully saturated rings. The lowest BCUT2D eigenvalue weighted by atomic mass is 9.91. The fourth-order valence-electron chi connectivity index (χ4n) is 4.01. The molecule has 0 aliphatic carbocycles. The molecule has 178 valence electrons. The van der Waals surface area contributed by atoms with Gasteiger partial charge in [0.05, 0.1) is 35.0 Å². The van der Waals surface area contributed by atoms with Crippen molar-refractivity contribution < 1.29 is 14.3 Å². The number of piperidine rings is 1. The molecular weight excluding hydrogens is 454 g/mol. The van der Waals surface area contributed by atoms with Gasteiger partial charge in [-0.15, -0.1) is 0 Å². The van der Waals surface area contributed by atoms with Gasteiger partial charge in [-0.3, -0.25) is 9.78 Å². The number of nitrogens with zero attached hydrogens (tertiary/aromatic N) is 4. The molecule has 4 rings (SSSR count). The fourth-order valence-corrected chi connectivity index (χ4v) is 4.14.